The third kappa shape index (κ3) is 9.39. The van der Waals surface area contributed by atoms with Crippen LogP contribution in [0.15, 0.2) is 144 Å². The number of nitrogens with one attached hydrogen (secondary N) is 3. The standard InChI is InChI=1S/C38H30F3N3O4S/c1-48-33-21-9-8-16-27(33)22-32(44-35(45)26-14-6-3-7-15-26)36(46)42-30-19-11-20-31(24-30)49-34(25-12-4-2-5-13-25)37(47)43-29-18-10-17-28(23-29)38(39,40)41/h2-24,34H,1H3,(H,42,46)(H,43,47)(H,44,45)/b32-22+. The Bertz CT molecular complexity index is 1970. The first-order chi connectivity index (χ1) is 23.6. The topological polar surface area (TPSA) is 96.5 Å². The van der Waals surface area contributed by atoms with Gasteiger partial charge < -0.3 is 20.7 Å². The van der Waals surface area contributed by atoms with Crippen LogP contribution in [0.5, 0.6) is 5.75 Å². The lowest BCUT2D eigenvalue weighted by Gasteiger charge is -2.18. The first-order valence-electron chi connectivity index (χ1n) is 14.9. The van der Waals surface area contributed by atoms with Crippen molar-refractivity contribution in [1.82, 2.24) is 5.32 Å². The highest BCUT2D eigenvalue weighted by Gasteiger charge is 2.31. The van der Waals surface area contributed by atoms with Gasteiger partial charge in [0.25, 0.3) is 11.8 Å². The number of carbonyl (C=O) groups excluding carboxylic acids is 3. The minimum atomic E-state index is -4.56. The zero-order valence-electron chi connectivity index (χ0n) is 26.0. The first-order valence-corrected chi connectivity index (χ1v) is 15.8. The maximum atomic E-state index is 13.7. The molecule has 49 heavy (non-hydrogen) atoms. The number of benzene rings is 5. The number of anilines is 2. The van der Waals surface area contributed by atoms with E-state index in [1.807, 2.05) is 0 Å². The Morgan fingerprint density at radius 1 is 0.735 bits per heavy atom. The minimum Gasteiger partial charge on any atom is -0.496 e. The monoisotopic (exact) mass is 681 g/mol. The van der Waals surface area contributed by atoms with Crippen molar-refractivity contribution in [1.29, 1.82) is 0 Å². The van der Waals surface area contributed by atoms with E-state index in [1.54, 1.807) is 109 Å². The summed E-state index contributed by atoms with van der Waals surface area (Å²) in [5.41, 5.74) is 1.00. The van der Waals surface area contributed by atoms with Gasteiger partial charge in [-0.25, -0.2) is 0 Å². The molecule has 3 amide bonds. The zero-order valence-corrected chi connectivity index (χ0v) is 26.8. The van der Waals surface area contributed by atoms with Gasteiger partial charge in [-0.3, -0.25) is 14.4 Å². The van der Waals surface area contributed by atoms with Crippen LogP contribution in [-0.4, -0.2) is 24.8 Å². The average Bonchev–Trinajstić information content (AvgIpc) is 3.11. The van der Waals surface area contributed by atoms with E-state index in [0.717, 1.165) is 23.9 Å². The summed E-state index contributed by atoms with van der Waals surface area (Å²) < 4.78 is 45.3. The molecule has 248 valence electrons. The molecule has 0 aliphatic carbocycles. The molecule has 0 spiro atoms. The van der Waals surface area contributed by atoms with Crippen LogP contribution in [-0.2, 0) is 15.8 Å². The molecule has 0 aromatic heterocycles. The largest absolute Gasteiger partial charge is 0.496 e. The summed E-state index contributed by atoms with van der Waals surface area (Å²) >= 11 is 1.16. The molecule has 5 rings (SSSR count). The molecule has 0 saturated heterocycles. The second-order valence-electron chi connectivity index (χ2n) is 10.6. The van der Waals surface area contributed by atoms with Gasteiger partial charge in [0.05, 0.1) is 12.7 Å². The van der Waals surface area contributed by atoms with Gasteiger partial charge >= 0.3 is 6.18 Å². The molecule has 0 saturated carbocycles. The second-order valence-corrected chi connectivity index (χ2v) is 11.8. The van der Waals surface area contributed by atoms with Crippen LogP contribution in [0, 0.1) is 0 Å². The van der Waals surface area contributed by atoms with Crippen molar-refractivity contribution in [2.75, 3.05) is 17.7 Å². The fraction of sp³-hybridized carbons (Fsp3) is 0.0789. The molecule has 0 radical (unpaired) electrons. The van der Waals surface area contributed by atoms with Gasteiger partial charge in [0.2, 0.25) is 5.91 Å². The Balaban J connectivity index is 1.39. The minimum absolute atomic E-state index is 0.00860. The Morgan fingerprint density at radius 3 is 2.06 bits per heavy atom. The molecule has 0 heterocycles. The maximum absolute atomic E-state index is 13.7. The quantitative estimate of drug-likeness (QED) is 0.0959. The summed E-state index contributed by atoms with van der Waals surface area (Å²) in [6.45, 7) is 0. The van der Waals surface area contributed by atoms with Crippen LogP contribution in [0.1, 0.15) is 32.3 Å². The smallest absolute Gasteiger partial charge is 0.416 e. The predicted octanol–water partition coefficient (Wildman–Crippen LogP) is 8.60. The predicted molar refractivity (Wildman–Crippen MR) is 185 cm³/mol. The summed E-state index contributed by atoms with van der Waals surface area (Å²) in [7, 11) is 1.50. The second kappa shape index (κ2) is 15.9. The van der Waals surface area contributed by atoms with Gasteiger partial charge in [0, 0.05) is 27.4 Å². The molecular formula is C38H30F3N3O4S. The van der Waals surface area contributed by atoms with E-state index in [1.165, 1.54) is 25.3 Å². The van der Waals surface area contributed by atoms with Crippen LogP contribution >= 0.6 is 11.8 Å². The van der Waals surface area contributed by atoms with Crippen LogP contribution in [0.2, 0.25) is 0 Å². The average molecular weight is 682 g/mol. The molecule has 11 heteroatoms. The number of amides is 3. The van der Waals surface area contributed by atoms with E-state index in [9.17, 15) is 27.6 Å². The van der Waals surface area contributed by atoms with Gasteiger partial charge in [-0.15, -0.1) is 11.8 Å². The summed E-state index contributed by atoms with van der Waals surface area (Å²) in [6, 6.07) is 35.5. The summed E-state index contributed by atoms with van der Waals surface area (Å²) in [4.78, 5) is 40.9. The fourth-order valence-corrected chi connectivity index (χ4v) is 5.83. The number of carbonyl (C=O) groups is 3. The van der Waals surface area contributed by atoms with E-state index >= 15 is 0 Å². The number of para-hydroxylation sites is 1. The van der Waals surface area contributed by atoms with Crippen molar-refractivity contribution in [2.24, 2.45) is 0 Å². The van der Waals surface area contributed by atoms with Gasteiger partial charge in [0.1, 0.15) is 16.7 Å². The molecule has 1 atom stereocenters. The molecule has 0 fully saturated rings. The fourth-order valence-electron chi connectivity index (χ4n) is 4.75. The van der Waals surface area contributed by atoms with Crippen molar-refractivity contribution in [3.05, 3.63) is 161 Å². The number of rotatable bonds is 11. The summed E-state index contributed by atoms with van der Waals surface area (Å²) in [5, 5.41) is 7.27. The lowest BCUT2D eigenvalue weighted by molar-refractivity contribution is -0.137. The van der Waals surface area contributed by atoms with Crippen molar-refractivity contribution in [3.63, 3.8) is 0 Å². The zero-order chi connectivity index (χ0) is 34.8. The molecule has 0 bridgehead atoms. The van der Waals surface area contributed by atoms with Gasteiger partial charge in [-0.05, 0) is 66.2 Å². The van der Waals surface area contributed by atoms with Gasteiger partial charge in [0.15, 0.2) is 0 Å². The van der Waals surface area contributed by atoms with Crippen LogP contribution in [0.4, 0.5) is 24.5 Å². The van der Waals surface area contributed by atoms with Crippen molar-refractivity contribution in [3.8, 4) is 5.75 Å². The lowest BCUT2D eigenvalue weighted by atomic mass is 10.1. The maximum Gasteiger partial charge on any atom is 0.416 e. The summed E-state index contributed by atoms with van der Waals surface area (Å²) in [6.07, 6.45) is -3.05. The Labute approximate surface area is 285 Å². The van der Waals surface area contributed by atoms with E-state index in [0.29, 0.717) is 33.0 Å². The molecule has 1 unspecified atom stereocenters. The first kappa shape index (κ1) is 34.5. The number of methoxy groups -OCH3 is 1. The normalized spacial score (nSPS) is 12.0. The van der Waals surface area contributed by atoms with Crippen molar-refractivity contribution < 1.29 is 32.3 Å². The number of hydrogen-bond donors (Lipinski definition) is 3. The van der Waals surface area contributed by atoms with E-state index in [2.05, 4.69) is 16.0 Å². The molecule has 3 N–H and O–H groups in total. The molecule has 7 nitrogen and oxygen atoms in total. The van der Waals surface area contributed by atoms with Crippen LogP contribution < -0.4 is 20.7 Å². The Kier molecular flexibility index (Phi) is 11.2. The van der Waals surface area contributed by atoms with Gasteiger partial charge in [-0.1, -0.05) is 78.9 Å². The highest BCUT2D eigenvalue weighted by atomic mass is 32.2. The molecule has 0 aliphatic heterocycles. The highest BCUT2D eigenvalue weighted by Crippen LogP contribution is 2.38. The number of halogens is 3. The highest BCUT2D eigenvalue weighted by molar-refractivity contribution is 8.00. The van der Waals surface area contributed by atoms with E-state index < -0.39 is 34.7 Å². The number of alkyl halides is 3. The third-order valence-electron chi connectivity index (χ3n) is 7.11. The Hall–Kier alpha value is -5.81. The molecule has 0 aliphatic rings. The number of ether oxygens (including phenoxy) is 1. The SMILES string of the molecule is COc1ccccc1/C=C(/NC(=O)c1ccccc1)C(=O)Nc1cccc(SC(C(=O)Nc2cccc(C(F)(F)F)c2)c2ccccc2)c1. The summed E-state index contributed by atoms with van der Waals surface area (Å²) in [5.74, 6) is -1.14. The van der Waals surface area contributed by atoms with Gasteiger partial charge in [-0.2, -0.15) is 13.2 Å². The molecule has 5 aromatic carbocycles. The van der Waals surface area contributed by atoms with Crippen LogP contribution in [0.25, 0.3) is 6.08 Å². The molecular weight excluding hydrogens is 651 g/mol. The molecule has 5 aromatic rings. The van der Waals surface area contributed by atoms with E-state index in [-0.39, 0.29) is 11.4 Å². The third-order valence-corrected chi connectivity index (χ3v) is 8.36. The van der Waals surface area contributed by atoms with E-state index in [4.69, 9.17) is 4.74 Å². The lowest BCUT2D eigenvalue weighted by Crippen LogP contribution is -2.30. The van der Waals surface area contributed by atoms with Crippen molar-refractivity contribution >= 4 is 46.9 Å². The number of hydrogen-bond acceptors (Lipinski definition) is 5. The van der Waals surface area contributed by atoms with Crippen molar-refractivity contribution in [2.45, 2.75) is 16.3 Å². The number of thioether (sulfide) groups is 1. The van der Waals surface area contributed by atoms with Crippen LogP contribution in [0.3, 0.4) is 0 Å². The Morgan fingerprint density at radius 2 is 1.37 bits per heavy atom.